The van der Waals surface area contributed by atoms with E-state index in [1.165, 1.54) is 0 Å². The van der Waals surface area contributed by atoms with Gasteiger partial charge in [-0.3, -0.25) is 4.68 Å². The third kappa shape index (κ3) is 1.50. The minimum Gasteiger partial charge on any atom is -0.395 e. The normalized spacial score (nSPS) is 10.2. The lowest BCUT2D eigenvalue weighted by atomic mass is 10.4. The average Bonchev–Trinajstić information content (AvgIpc) is 2.25. The Labute approximate surface area is 71.2 Å². The summed E-state index contributed by atoms with van der Waals surface area (Å²) in [6.45, 7) is 2.42. The Hall–Kier alpha value is -1.23. The van der Waals surface area contributed by atoms with Crippen molar-refractivity contribution in [3.8, 4) is 0 Å². The molecule has 68 valence electrons. The lowest BCUT2D eigenvalue weighted by Crippen LogP contribution is -2.10. The average molecular weight is 170 g/mol. The molecule has 0 unspecified atom stereocenters. The molecule has 1 heterocycles. The molecule has 1 rings (SSSR count). The van der Waals surface area contributed by atoms with Gasteiger partial charge in [-0.25, -0.2) is 0 Å². The van der Waals surface area contributed by atoms with Gasteiger partial charge in [0.05, 0.1) is 18.0 Å². The number of nitrogen functional groups attached to an aromatic ring is 1. The lowest BCUT2D eigenvalue weighted by molar-refractivity contribution is 0.311. The van der Waals surface area contributed by atoms with Crippen LogP contribution in [-0.2, 0) is 7.05 Å². The van der Waals surface area contributed by atoms with Gasteiger partial charge < -0.3 is 16.2 Å². The van der Waals surface area contributed by atoms with Crippen LogP contribution in [0.25, 0.3) is 0 Å². The Morgan fingerprint density at radius 1 is 1.67 bits per heavy atom. The molecule has 1 aromatic rings. The molecule has 0 fully saturated rings. The molecule has 0 saturated carbocycles. The number of nitrogens with zero attached hydrogens (tertiary/aromatic N) is 2. The Kier molecular flexibility index (Phi) is 2.54. The van der Waals surface area contributed by atoms with Gasteiger partial charge in [0, 0.05) is 13.6 Å². The molecular formula is C7H14N4O. The fraction of sp³-hybridized carbons (Fsp3) is 0.571. The quantitative estimate of drug-likeness (QED) is 0.583. The molecule has 0 aliphatic carbocycles. The second kappa shape index (κ2) is 3.44. The second-order valence-corrected chi connectivity index (χ2v) is 2.62. The third-order valence-corrected chi connectivity index (χ3v) is 1.67. The Morgan fingerprint density at radius 3 is 2.75 bits per heavy atom. The number of aromatic nitrogens is 2. The molecule has 0 aliphatic rings. The van der Waals surface area contributed by atoms with Gasteiger partial charge in [-0.2, -0.15) is 5.10 Å². The molecule has 0 atom stereocenters. The first-order valence-electron chi connectivity index (χ1n) is 3.80. The van der Waals surface area contributed by atoms with Crippen LogP contribution < -0.4 is 11.1 Å². The molecule has 4 N–H and O–H groups in total. The highest BCUT2D eigenvalue weighted by Gasteiger charge is 2.07. The van der Waals surface area contributed by atoms with E-state index in [0.717, 1.165) is 11.5 Å². The van der Waals surface area contributed by atoms with Gasteiger partial charge in [-0.15, -0.1) is 0 Å². The molecule has 0 amide bonds. The first-order chi connectivity index (χ1) is 5.66. The van der Waals surface area contributed by atoms with Gasteiger partial charge in [-0.05, 0) is 6.92 Å². The highest BCUT2D eigenvalue weighted by Crippen LogP contribution is 2.19. The van der Waals surface area contributed by atoms with E-state index in [0.29, 0.717) is 12.2 Å². The molecule has 1 aromatic heterocycles. The van der Waals surface area contributed by atoms with E-state index in [4.69, 9.17) is 10.8 Å². The molecule has 5 heteroatoms. The van der Waals surface area contributed by atoms with Crippen molar-refractivity contribution in [2.24, 2.45) is 7.05 Å². The minimum atomic E-state index is 0.0870. The van der Waals surface area contributed by atoms with E-state index in [9.17, 15) is 0 Å². The second-order valence-electron chi connectivity index (χ2n) is 2.62. The number of aryl methyl sites for hydroxylation is 2. The van der Waals surface area contributed by atoms with Crippen LogP contribution in [0.15, 0.2) is 0 Å². The monoisotopic (exact) mass is 170 g/mol. The van der Waals surface area contributed by atoms with Crippen molar-refractivity contribution in [3.05, 3.63) is 5.69 Å². The summed E-state index contributed by atoms with van der Waals surface area (Å²) >= 11 is 0. The number of hydrogen-bond donors (Lipinski definition) is 3. The first-order valence-corrected chi connectivity index (χ1v) is 3.80. The van der Waals surface area contributed by atoms with Crippen molar-refractivity contribution < 1.29 is 5.11 Å². The highest BCUT2D eigenvalue weighted by molar-refractivity contribution is 5.64. The van der Waals surface area contributed by atoms with Crippen molar-refractivity contribution in [3.63, 3.8) is 0 Å². The third-order valence-electron chi connectivity index (χ3n) is 1.67. The summed E-state index contributed by atoms with van der Waals surface area (Å²) in [5.74, 6) is 0.765. The molecule has 0 bridgehead atoms. The van der Waals surface area contributed by atoms with Gasteiger partial charge >= 0.3 is 0 Å². The molecule has 0 saturated heterocycles. The first kappa shape index (κ1) is 8.86. The molecule has 0 aromatic carbocycles. The van der Waals surface area contributed by atoms with Gasteiger partial charge in [0.2, 0.25) is 0 Å². The van der Waals surface area contributed by atoms with Crippen LogP contribution in [0.1, 0.15) is 5.69 Å². The summed E-state index contributed by atoms with van der Waals surface area (Å²) in [4.78, 5) is 0. The van der Waals surface area contributed by atoms with Crippen molar-refractivity contribution in [1.29, 1.82) is 0 Å². The molecule has 12 heavy (non-hydrogen) atoms. The topological polar surface area (TPSA) is 76.1 Å². The maximum absolute atomic E-state index is 8.58. The molecule has 0 spiro atoms. The number of anilines is 2. The fourth-order valence-electron chi connectivity index (χ4n) is 1.06. The van der Waals surface area contributed by atoms with E-state index in [1.807, 2.05) is 14.0 Å². The zero-order valence-corrected chi connectivity index (χ0v) is 7.33. The van der Waals surface area contributed by atoms with E-state index in [-0.39, 0.29) is 6.61 Å². The van der Waals surface area contributed by atoms with Crippen molar-refractivity contribution in [2.45, 2.75) is 6.92 Å². The van der Waals surface area contributed by atoms with Crippen LogP contribution in [0.3, 0.4) is 0 Å². The van der Waals surface area contributed by atoms with Gasteiger partial charge in [-0.1, -0.05) is 0 Å². The predicted octanol–water partition coefficient (Wildman–Crippen LogP) is -0.285. The van der Waals surface area contributed by atoms with Crippen LogP contribution in [0.4, 0.5) is 11.5 Å². The number of aliphatic hydroxyl groups excluding tert-OH is 1. The number of nitrogens with two attached hydrogens (primary N) is 1. The number of hydrogen-bond acceptors (Lipinski definition) is 4. The SMILES string of the molecule is Cc1nn(C)c(NCCO)c1N. The van der Waals surface area contributed by atoms with Gasteiger partial charge in [0.1, 0.15) is 5.82 Å². The summed E-state index contributed by atoms with van der Waals surface area (Å²) in [5.41, 5.74) is 7.16. The smallest absolute Gasteiger partial charge is 0.147 e. The number of aliphatic hydroxyl groups is 1. The number of nitrogens with one attached hydrogen (secondary N) is 1. The van der Waals surface area contributed by atoms with Crippen molar-refractivity contribution >= 4 is 11.5 Å². The van der Waals surface area contributed by atoms with E-state index >= 15 is 0 Å². The van der Waals surface area contributed by atoms with Crippen LogP contribution in [0.2, 0.25) is 0 Å². The minimum absolute atomic E-state index is 0.0870. The fourth-order valence-corrected chi connectivity index (χ4v) is 1.06. The van der Waals surface area contributed by atoms with Gasteiger partial charge in [0.25, 0.3) is 0 Å². The van der Waals surface area contributed by atoms with E-state index in [1.54, 1.807) is 4.68 Å². The standard InChI is InChI=1S/C7H14N4O/c1-5-6(8)7(9-3-4-12)11(2)10-5/h9,12H,3-4,8H2,1-2H3. The zero-order valence-electron chi connectivity index (χ0n) is 7.33. The molecular weight excluding hydrogens is 156 g/mol. The maximum atomic E-state index is 8.58. The lowest BCUT2D eigenvalue weighted by Gasteiger charge is -2.04. The summed E-state index contributed by atoms with van der Waals surface area (Å²) in [5, 5.41) is 15.7. The zero-order chi connectivity index (χ0) is 9.14. The molecule has 5 nitrogen and oxygen atoms in total. The molecule has 0 radical (unpaired) electrons. The Balaban J connectivity index is 2.82. The Bertz CT molecular complexity index is 269. The predicted molar refractivity (Wildman–Crippen MR) is 47.9 cm³/mol. The van der Waals surface area contributed by atoms with Crippen molar-refractivity contribution in [2.75, 3.05) is 24.2 Å². The van der Waals surface area contributed by atoms with Crippen LogP contribution in [-0.4, -0.2) is 28.0 Å². The van der Waals surface area contributed by atoms with Crippen molar-refractivity contribution in [1.82, 2.24) is 9.78 Å². The maximum Gasteiger partial charge on any atom is 0.147 e. The van der Waals surface area contributed by atoms with Crippen LogP contribution >= 0.6 is 0 Å². The van der Waals surface area contributed by atoms with Crippen LogP contribution in [0.5, 0.6) is 0 Å². The van der Waals surface area contributed by atoms with Crippen LogP contribution in [0, 0.1) is 6.92 Å². The summed E-state index contributed by atoms with van der Waals surface area (Å²) in [6, 6.07) is 0. The largest absolute Gasteiger partial charge is 0.395 e. The summed E-state index contributed by atoms with van der Waals surface area (Å²) in [7, 11) is 1.81. The van der Waals surface area contributed by atoms with Gasteiger partial charge in [0.15, 0.2) is 0 Å². The summed E-state index contributed by atoms with van der Waals surface area (Å²) < 4.78 is 1.67. The Morgan fingerprint density at radius 2 is 2.33 bits per heavy atom. The van der Waals surface area contributed by atoms with E-state index < -0.39 is 0 Å². The summed E-state index contributed by atoms with van der Waals surface area (Å²) in [6.07, 6.45) is 0. The highest BCUT2D eigenvalue weighted by atomic mass is 16.3. The van der Waals surface area contributed by atoms with E-state index in [2.05, 4.69) is 10.4 Å². The molecule has 0 aliphatic heterocycles. The number of rotatable bonds is 3.